The number of thiocarbonyl (C=S) groups is 1. The maximum Gasteiger partial charge on any atom is 0.223 e. The molecule has 0 aliphatic rings. The maximum atomic E-state index is 11.2. The Balaban J connectivity index is 2.51. The third-order valence-electron chi connectivity index (χ3n) is 1.84. The van der Waals surface area contributed by atoms with Crippen LogP contribution in [-0.2, 0) is 10.8 Å². The van der Waals surface area contributed by atoms with Gasteiger partial charge in [-0.25, -0.2) is 9.97 Å². The molecule has 0 spiro atoms. The zero-order valence-electron chi connectivity index (χ0n) is 8.97. The van der Waals surface area contributed by atoms with Crippen LogP contribution in [0.15, 0.2) is 12.3 Å². The summed E-state index contributed by atoms with van der Waals surface area (Å²) in [6.07, 6.45) is 1.58. The van der Waals surface area contributed by atoms with Crippen molar-refractivity contribution in [1.82, 2.24) is 9.97 Å². The summed E-state index contributed by atoms with van der Waals surface area (Å²) in [5.74, 6) is 1.70. The molecule has 16 heavy (non-hydrogen) atoms. The average Bonchev–Trinajstić information content (AvgIpc) is 2.29. The Morgan fingerprint density at radius 1 is 1.69 bits per heavy atom. The second-order valence-electron chi connectivity index (χ2n) is 2.99. The molecule has 0 radical (unpaired) electrons. The van der Waals surface area contributed by atoms with Gasteiger partial charge in [0.05, 0.1) is 0 Å². The van der Waals surface area contributed by atoms with Crippen molar-refractivity contribution in [3.8, 4) is 0 Å². The normalized spacial score (nSPS) is 12.1. The van der Waals surface area contributed by atoms with E-state index < -0.39 is 10.8 Å². The summed E-state index contributed by atoms with van der Waals surface area (Å²) in [5.41, 5.74) is 5.98. The molecule has 0 fully saturated rings. The van der Waals surface area contributed by atoms with Gasteiger partial charge in [-0.2, -0.15) is 0 Å². The summed E-state index contributed by atoms with van der Waals surface area (Å²) < 4.78 is 11.2. The van der Waals surface area contributed by atoms with Gasteiger partial charge in [-0.3, -0.25) is 4.21 Å². The van der Waals surface area contributed by atoms with E-state index in [1.165, 1.54) is 0 Å². The number of nitrogens with one attached hydrogen (secondary N) is 1. The quantitative estimate of drug-likeness (QED) is 0.714. The highest BCUT2D eigenvalue weighted by molar-refractivity contribution is 7.84. The van der Waals surface area contributed by atoms with E-state index in [0.29, 0.717) is 29.7 Å². The highest BCUT2D eigenvalue weighted by Crippen LogP contribution is 1.99. The number of nitrogens with two attached hydrogens (primary N) is 1. The zero-order chi connectivity index (χ0) is 12.0. The van der Waals surface area contributed by atoms with Crippen molar-refractivity contribution in [3.63, 3.8) is 0 Å². The molecule has 7 heteroatoms. The van der Waals surface area contributed by atoms with Crippen LogP contribution in [0, 0.1) is 0 Å². The highest BCUT2D eigenvalue weighted by atomic mass is 32.2. The topological polar surface area (TPSA) is 80.9 Å². The van der Waals surface area contributed by atoms with Gasteiger partial charge in [0, 0.05) is 35.0 Å². The third-order valence-corrected chi connectivity index (χ3v) is 3.36. The SMILES string of the molecule is CCS(=O)CCNc1nccc(C(N)=S)n1. The average molecular weight is 258 g/mol. The van der Waals surface area contributed by atoms with Gasteiger partial charge in [0.2, 0.25) is 5.95 Å². The molecule has 5 nitrogen and oxygen atoms in total. The minimum Gasteiger partial charge on any atom is -0.388 e. The number of rotatable bonds is 6. The fourth-order valence-corrected chi connectivity index (χ4v) is 1.73. The number of aromatic nitrogens is 2. The van der Waals surface area contributed by atoms with Crippen LogP contribution < -0.4 is 11.1 Å². The molecule has 1 rings (SSSR count). The second-order valence-corrected chi connectivity index (χ2v) is 5.29. The fourth-order valence-electron chi connectivity index (χ4n) is 1.00. The van der Waals surface area contributed by atoms with Crippen molar-refractivity contribution in [2.45, 2.75) is 6.92 Å². The number of hydrogen-bond donors (Lipinski definition) is 2. The number of hydrogen-bond acceptors (Lipinski definition) is 5. The molecule has 1 atom stereocenters. The molecule has 0 aliphatic carbocycles. The van der Waals surface area contributed by atoms with Crippen LogP contribution in [0.5, 0.6) is 0 Å². The Morgan fingerprint density at radius 3 is 3.06 bits per heavy atom. The van der Waals surface area contributed by atoms with Crippen molar-refractivity contribution >= 4 is 34.0 Å². The Labute approximate surface area is 102 Å². The molecule has 1 heterocycles. The van der Waals surface area contributed by atoms with E-state index in [1.54, 1.807) is 12.3 Å². The summed E-state index contributed by atoms with van der Waals surface area (Å²) >= 11 is 4.81. The predicted molar refractivity (Wildman–Crippen MR) is 70.0 cm³/mol. The Hall–Kier alpha value is -1.08. The Morgan fingerprint density at radius 2 is 2.44 bits per heavy atom. The first-order valence-corrected chi connectivity index (χ1v) is 6.74. The molecular weight excluding hydrogens is 244 g/mol. The molecule has 1 aromatic rings. The second kappa shape index (κ2) is 6.49. The lowest BCUT2D eigenvalue weighted by molar-refractivity contribution is 0.684. The summed E-state index contributed by atoms with van der Waals surface area (Å²) in [4.78, 5) is 8.35. The molecule has 88 valence electrons. The lowest BCUT2D eigenvalue weighted by atomic mass is 10.4. The molecule has 0 saturated carbocycles. The van der Waals surface area contributed by atoms with E-state index >= 15 is 0 Å². The van der Waals surface area contributed by atoms with E-state index in [2.05, 4.69) is 15.3 Å². The van der Waals surface area contributed by atoms with Crippen LogP contribution >= 0.6 is 12.2 Å². The van der Waals surface area contributed by atoms with Crippen LogP contribution in [0.4, 0.5) is 5.95 Å². The molecule has 0 aromatic carbocycles. The predicted octanol–water partition coefficient (Wildman–Crippen LogP) is 0.291. The van der Waals surface area contributed by atoms with E-state index in [4.69, 9.17) is 18.0 Å². The van der Waals surface area contributed by atoms with Gasteiger partial charge in [0.25, 0.3) is 0 Å². The van der Waals surface area contributed by atoms with Crippen LogP contribution in [0.3, 0.4) is 0 Å². The van der Waals surface area contributed by atoms with Gasteiger partial charge in [0.15, 0.2) is 0 Å². The van der Waals surface area contributed by atoms with Crippen molar-refractivity contribution in [1.29, 1.82) is 0 Å². The standard InChI is InChI=1S/C9H14N4OS2/c1-2-16(14)6-5-12-9-11-4-3-7(13-9)8(10)15/h3-4H,2,5-6H2,1H3,(H2,10,15)(H,11,12,13). The molecule has 1 aromatic heterocycles. The van der Waals surface area contributed by atoms with E-state index in [1.807, 2.05) is 6.92 Å². The lowest BCUT2D eigenvalue weighted by Gasteiger charge is -2.04. The Kier molecular flexibility index (Phi) is 5.27. The van der Waals surface area contributed by atoms with Crippen LogP contribution in [0.2, 0.25) is 0 Å². The molecule has 0 bridgehead atoms. The number of nitrogens with zero attached hydrogens (tertiary/aromatic N) is 2. The molecule has 0 aliphatic heterocycles. The lowest BCUT2D eigenvalue weighted by Crippen LogP contribution is -2.16. The first kappa shape index (κ1) is 13.0. The minimum atomic E-state index is -0.783. The third kappa shape index (κ3) is 4.19. The summed E-state index contributed by atoms with van der Waals surface area (Å²) in [7, 11) is -0.783. The zero-order valence-corrected chi connectivity index (χ0v) is 10.6. The van der Waals surface area contributed by atoms with Crippen LogP contribution in [0.1, 0.15) is 12.6 Å². The van der Waals surface area contributed by atoms with E-state index in [-0.39, 0.29) is 4.99 Å². The highest BCUT2D eigenvalue weighted by Gasteiger charge is 2.01. The van der Waals surface area contributed by atoms with Crippen molar-refractivity contribution in [3.05, 3.63) is 18.0 Å². The molecule has 1 unspecified atom stereocenters. The first-order valence-electron chi connectivity index (χ1n) is 4.85. The van der Waals surface area contributed by atoms with Gasteiger partial charge in [0.1, 0.15) is 10.7 Å². The van der Waals surface area contributed by atoms with Crippen molar-refractivity contribution in [2.75, 3.05) is 23.4 Å². The van der Waals surface area contributed by atoms with Crippen molar-refractivity contribution < 1.29 is 4.21 Å². The van der Waals surface area contributed by atoms with Crippen LogP contribution in [0.25, 0.3) is 0 Å². The number of anilines is 1. The fraction of sp³-hybridized carbons (Fsp3) is 0.444. The van der Waals surface area contributed by atoms with Crippen LogP contribution in [-0.4, -0.2) is 37.2 Å². The van der Waals surface area contributed by atoms with Gasteiger partial charge < -0.3 is 11.1 Å². The molecule has 0 amide bonds. The minimum absolute atomic E-state index is 0.239. The van der Waals surface area contributed by atoms with Gasteiger partial charge >= 0.3 is 0 Å². The van der Waals surface area contributed by atoms with E-state index in [9.17, 15) is 4.21 Å². The first-order chi connectivity index (χ1) is 7.63. The maximum absolute atomic E-state index is 11.2. The summed E-state index contributed by atoms with van der Waals surface area (Å²) in [5, 5.41) is 2.97. The van der Waals surface area contributed by atoms with E-state index in [0.717, 1.165) is 0 Å². The largest absolute Gasteiger partial charge is 0.388 e. The van der Waals surface area contributed by atoms with Gasteiger partial charge in [-0.1, -0.05) is 19.1 Å². The summed E-state index contributed by atoms with van der Waals surface area (Å²) in [6, 6.07) is 1.65. The Bertz CT molecular complexity index is 397. The van der Waals surface area contributed by atoms with Gasteiger partial charge in [-0.15, -0.1) is 0 Å². The van der Waals surface area contributed by atoms with Crippen molar-refractivity contribution in [2.24, 2.45) is 5.73 Å². The molecular formula is C9H14N4OS2. The monoisotopic (exact) mass is 258 g/mol. The summed E-state index contributed by atoms with van der Waals surface area (Å²) in [6.45, 7) is 2.46. The molecule has 0 saturated heterocycles. The smallest absolute Gasteiger partial charge is 0.223 e. The van der Waals surface area contributed by atoms with Gasteiger partial charge in [-0.05, 0) is 6.07 Å². The molecule has 3 N–H and O–H groups in total.